The molecule has 7 heteroatoms. The highest BCUT2D eigenvalue weighted by molar-refractivity contribution is 5.87. The van der Waals surface area contributed by atoms with E-state index in [1.54, 1.807) is 0 Å². The summed E-state index contributed by atoms with van der Waals surface area (Å²) in [6.45, 7) is 41.3. The summed E-state index contributed by atoms with van der Waals surface area (Å²) in [5, 5.41) is 0. The van der Waals surface area contributed by atoms with E-state index in [2.05, 4.69) is 121 Å². The smallest absolute Gasteiger partial charge is 0.172 e. The van der Waals surface area contributed by atoms with Gasteiger partial charge in [0.15, 0.2) is 11.6 Å². The molecule has 16 fully saturated rings. The fourth-order valence-corrected chi connectivity index (χ4v) is 31.1. The lowest BCUT2D eigenvalue weighted by Gasteiger charge is -2.60. The number of hydrogen-bond acceptors (Lipinski definition) is 7. The molecule has 34 atom stereocenters. The number of allylic oxidation sites excluding steroid dienone is 4. The van der Waals surface area contributed by atoms with Gasteiger partial charge in [0.05, 0.1) is 32.0 Å². The number of rotatable bonds is 2. The van der Waals surface area contributed by atoms with Crippen molar-refractivity contribution >= 4 is 5.78 Å². The molecular formula is C85H135NO6. The van der Waals surface area contributed by atoms with Crippen LogP contribution in [0, 0.1) is 162 Å². The Balaban J connectivity index is 0.000000110. The van der Waals surface area contributed by atoms with Gasteiger partial charge >= 0.3 is 0 Å². The lowest BCUT2D eigenvalue weighted by atomic mass is 9.43. The van der Waals surface area contributed by atoms with Gasteiger partial charge in [-0.2, -0.15) is 0 Å². The minimum atomic E-state index is -0.421. The van der Waals surface area contributed by atoms with Gasteiger partial charge in [0.1, 0.15) is 5.78 Å². The first-order chi connectivity index (χ1) is 43.7. The molecule has 0 aromatic rings. The van der Waals surface area contributed by atoms with Gasteiger partial charge in [-0.3, -0.25) is 9.69 Å². The number of nitrogens with zero attached hydrogens (tertiary/aromatic N) is 1. The summed E-state index contributed by atoms with van der Waals surface area (Å²) in [5.41, 5.74) is 6.00. The first kappa shape index (κ1) is 65.5. The average molecular weight is 1270 g/mol. The van der Waals surface area contributed by atoms with Crippen LogP contribution in [0.1, 0.15) is 271 Å². The Morgan fingerprint density at radius 1 is 0.500 bits per heavy atom. The maximum atomic E-state index is 14.0. The van der Waals surface area contributed by atoms with Crippen molar-refractivity contribution in [3.63, 3.8) is 0 Å². The maximum absolute atomic E-state index is 14.0. The number of piperidine rings is 1. The van der Waals surface area contributed by atoms with Crippen molar-refractivity contribution in [3.05, 3.63) is 23.3 Å². The van der Waals surface area contributed by atoms with E-state index in [-0.39, 0.29) is 22.7 Å². The van der Waals surface area contributed by atoms with Crippen molar-refractivity contribution in [2.75, 3.05) is 33.5 Å². The zero-order chi connectivity index (χ0) is 64.4. The molecule has 0 radical (unpaired) electrons. The number of ketones is 1. The third-order valence-electron chi connectivity index (χ3n) is 35.9. The monoisotopic (exact) mass is 1270 g/mol. The summed E-state index contributed by atoms with van der Waals surface area (Å²) < 4.78 is 32.3. The zero-order valence-electron chi connectivity index (χ0n) is 61.7. The third-order valence-corrected chi connectivity index (χ3v) is 35.9. The zero-order valence-corrected chi connectivity index (χ0v) is 61.7. The van der Waals surface area contributed by atoms with Crippen molar-refractivity contribution in [1.82, 2.24) is 4.90 Å². The number of ether oxygens (including phenoxy) is 5. The Kier molecular flexibility index (Phi) is 16.2. The van der Waals surface area contributed by atoms with Crippen molar-refractivity contribution in [2.45, 2.75) is 307 Å². The van der Waals surface area contributed by atoms with Crippen molar-refractivity contribution < 1.29 is 28.5 Å². The maximum Gasteiger partial charge on any atom is 0.172 e. The van der Waals surface area contributed by atoms with E-state index in [4.69, 9.17) is 23.7 Å². The van der Waals surface area contributed by atoms with Crippen molar-refractivity contribution in [3.8, 4) is 0 Å². The van der Waals surface area contributed by atoms with Crippen molar-refractivity contribution in [1.29, 1.82) is 0 Å². The largest absolute Gasteiger partial charge is 0.384 e. The van der Waals surface area contributed by atoms with Crippen LogP contribution >= 0.6 is 0 Å². The fourth-order valence-electron chi connectivity index (χ4n) is 31.1. The first-order valence-electron chi connectivity index (χ1n) is 40.5. The second-order valence-electron chi connectivity index (χ2n) is 40.6. The van der Waals surface area contributed by atoms with Gasteiger partial charge in [-0.15, -0.1) is 0 Å². The number of hydrogen-bond donors (Lipinski definition) is 0. The minimum absolute atomic E-state index is 0.0802. The molecule has 6 aliphatic heterocycles. The van der Waals surface area contributed by atoms with Crippen LogP contribution in [-0.2, 0) is 28.5 Å². The molecule has 18 rings (SSSR count). The van der Waals surface area contributed by atoms with Gasteiger partial charge in [-0.05, 0) is 275 Å². The standard InChI is InChI=1S/C29H46O3.C28H45N.C28H44O3/c1-18-9-11-27(4)20(13-18)7-8-21-22(27)10-12-28(5)23(21)14-24-25(28)19(2)29(32-24)15-26(3,16-30-6)17-31-29;1-17-10-12-27(4)20(14-17)7-8-21-22(27)11-13-28(5)23(21)15-25-26(28)19(3)24-9-6-18(2)16-29(24)25;1-16-8-10-26(4)19(12-16)6-7-20-21(26)14-24(29)27(5)22(20)13-23-25(27)18(3)28(31-23)11-9-17(2)15-30-28/h7,18-19,21-25H,8-17H2,1-6H3;7,17-19,21-26H,6,8-16H2,1-5H3;16-23,25H,6-15H2,1-5H3/t;17?,18-,19+,21?,22?,23?,24?,25?,26?,27?,28?;16?,17?,18-,19?,20?,21?,22?,23?,25?,26-,27+,28?/m.00/s1. The van der Waals surface area contributed by atoms with Crippen LogP contribution in [-0.4, -0.2) is 80.0 Å². The highest BCUT2D eigenvalue weighted by atomic mass is 16.7. The summed E-state index contributed by atoms with van der Waals surface area (Å²) in [6, 6.07) is 1.82. The minimum Gasteiger partial charge on any atom is -0.384 e. The quantitative estimate of drug-likeness (QED) is 0.255. The lowest BCUT2D eigenvalue weighted by molar-refractivity contribution is -0.272. The third kappa shape index (κ3) is 9.43. The van der Waals surface area contributed by atoms with Gasteiger partial charge in [0, 0.05) is 73.6 Å². The van der Waals surface area contributed by atoms with Gasteiger partial charge in [-0.1, -0.05) is 134 Å². The molecule has 92 heavy (non-hydrogen) atoms. The Morgan fingerprint density at radius 3 is 1.74 bits per heavy atom. The summed E-state index contributed by atoms with van der Waals surface area (Å²) in [6.07, 6.45) is 40.9. The van der Waals surface area contributed by atoms with Crippen LogP contribution < -0.4 is 0 Å². The molecular weight excluding hydrogens is 1130 g/mol. The van der Waals surface area contributed by atoms with Crippen LogP contribution in [0.2, 0.25) is 0 Å². The molecule has 0 amide bonds. The number of Topliss-reactive ketones (excluding diaryl/α,β-unsaturated/α-hetero) is 1. The van der Waals surface area contributed by atoms with Gasteiger partial charge in [0.2, 0.25) is 0 Å². The van der Waals surface area contributed by atoms with E-state index < -0.39 is 5.79 Å². The second-order valence-corrected chi connectivity index (χ2v) is 40.6. The molecule has 29 unspecified atom stereocenters. The molecule has 18 aliphatic rings. The van der Waals surface area contributed by atoms with E-state index >= 15 is 0 Å². The molecule has 7 nitrogen and oxygen atoms in total. The Hall–Kier alpha value is -1.09. The summed E-state index contributed by atoms with van der Waals surface area (Å²) >= 11 is 0. The highest BCUT2D eigenvalue weighted by Crippen LogP contribution is 2.75. The lowest BCUT2D eigenvalue weighted by Crippen LogP contribution is -2.58. The summed E-state index contributed by atoms with van der Waals surface area (Å²) in [5.74, 6) is 15.9. The summed E-state index contributed by atoms with van der Waals surface area (Å²) in [4.78, 5) is 17.1. The Labute approximate surface area is 561 Å². The molecule has 2 spiro atoms. The highest BCUT2D eigenvalue weighted by Gasteiger charge is 2.74. The SMILES string of the molecule is CC1CCC2(C)C(=CCC3C2CCC2(C)C3CC3C2[C@H](C)C2CC[C@H](C)CN32)C1.CC1CCC2(OC1)OC1CC3C4CCC5CC(C)CC[C@]5(C)C4CC(=O)[C@]3(C)C1[C@@H]2C.COCC1(C)COC2(C1)OC1CC3C4CC=C5CC(C)CCC5(C)C4CCC3(C)C1C2C. The van der Waals surface area contributed by atoms with E-state index in [9.17, 15) is 4.79 Å². The fraction of sp³-hybridized carbons (Fsp3) is 0.941. The molecule has 6 saturated heterocycles. The van der Waals surface area contributed by atoms with Crippen LogP contribution in [0.3, 0.4) is 0 Å². The van der Waals surface area contributed by atoms with Crippen molar-refractivity contribution in [2.24, 2.45) is 162 Å². The van der Waals surface area contributed by atoms with E-state index in [0.29, 0.717) is 80.4 Å². The van der Waals surface area contributed by atoms with Gasteiger partial charge < -0.3 is 23.7 Å². The van der Waals surface area contributed by atoms with E-state index in [1.807, 2.05) is 18.3 Å². The number of fused-ring (bicyclic) bond motifs is 23. The predicted molar refractivity (Wildman–Crippen MR) is 370 cm³/mol. The van der Waals surface area contributed by atoms with Crippen LogP contribution in [0.4, 0.5) is 0 Å². The van der Waals surface area contributed by atoms with Crippen LogP contribution in [0.5, 0.6) is 0 Å². The predicted octanol–water partition coefficient (Wildman–Crippen LogP) is 19.8. The molecule has 0 bridgehead atoms. The average Bonchev–Trinajstić information content (AvgIpc) is 1.51. The first-order valence-corrected chi connectivity index (χ1v) is 40.5. The molecule has 10 saturated carbocycles. The van der Waals surface area contributed by atoms with Gasteiger partial charge in [0.25, 0.3) is 0 Å². The normalized spacial score (nSPS) is 59.7. The van der Waals surface area contributed by atoms with Crippen LogP contribution in [0.25, 0.3) is 0 Å². The number of carbonyl (C=O) groups excluding carboxylic acids is 1. The molecule has 12 aliphatic carbocycles. The van der Waals surface area contributed by atoms with Crippen LogP contribution in [0.15, 0.2) is 23.3 Å². The molecule has 0 aromatic heterocycles. The topological polar surface area (TPSA) is 66.5 Å². The second kappa shape index (κ2) is 22.7. The number of carbonyl (C=O) groups is 1. The number of methoxy groups -OCH3 is 1. The Morgan fingerprint density at radius 2 is 1.09 bits per heavy atom. The Bertz CT molecular complexity index is 2870. The molecule has 516 valence electrons. The molecule has 6 heterocycles. The van der Waals surface area contributed by atoms with E-state index in [0.717, 1.165) is 140 Å². The van der Waals surface area contributed by atoms with E-state index in [1.165, 1.54) is 148 Å². The van der Waals surface area contributed by atoms with Gasteiger partial charge in [-0.25, -0.2) is 0 Å². The summed E-state index contributed by atoms with van der Waals surface area (Å²) in [7, 11) is 1.81. The molecule has 0 aromatic carbocycles. The molecule has 0 N–H and O–H groups in total.